The first-order valence-corrected chi connectivity index (χ1v) is 24.8. The number of aliphatic carboxylic acids is 2. The molecular formula is C50H71N13O12. The van der Waals surface area contributed by atoms with Gasteiger partial charge >= 0.3 is 11.9 Å². The molecule has 75 heavy (non-hydrogen) atoms. The molecule has 25 heteroatoms. The van der Waals surface area contributed by atoms with E-state index in [4.69, 9.17) is 17.2 Å². The number of hydrogen-bond donors (Lipinski definition) is 13. The topological polar surface area (TPSA) is 409 Å². The van der Waals surface area contributed by atoms with Crippen LogP contribution in [-0.4, -0.2) is 151 Å². The lowest BCUT2D eigenvalue weighted by Crippen LogP contribution is -2.62. The van der Waals surface area contributed by atoms with Crippen LogP contribution in [0.25, 0.3) is 0 Å². The van der Waals surface area contributed by atoms with Crippen LogP contribution in [0.15, 0.2) is 72.1 Å². The first-order valence-electron chi connectivity index (χ1n) is 24.8. The maximum atomic E-state index is 14.6. The zero-order valence-electron chi connectivity index (χ0n) is 42.5. The predicted molar refractivity (Wildman–Crippen MR) is 273 cm³/mol. The number of nitrogens with one attached hydrogen (secondary N) is 7. The van der Waals surface area contributed by atoms with Crippen LogP contribution in [0, 0.1) is 11.8 Å². The zero-order chi connectivity index (χ0) is 55.4. The average molecular weight is 1050 g/mol. The van der Waals surface area contributed by atoms with E-state index in [0.717, 1.165) is 0 Å². The summed E-state index contributed by atoms with van der Waals surface area (Å²) in [4.78, 5) is 134. The summed E-state index contributed by atoms with van der Waals surface area (Å²) >= 11 is 0. The summed E-state index contributed by atoms with van der Waals surface area (Å²) in [6.45, 7) is 6.90. The summed E-state index contributed by atoms with van der Waals surface area (Å²) in [5.74, 6) is -9.64. The van der Waals surface area contributed by atoms with E-state index in [2.05, 4.69) is 46.9 Å². The third kappa shape index (κ3) is 18.7. The second-order valence-corrected chi connectivity index (χ2v) is 18.9. The van der Waals surface area contributed by atoms with E-state index in [-0.39, 0.29) is 63.3 Å². The lowest BCUT2D eigenvalue weighted by molar-refractivity contribution is -0.145. The van der Waals surface area contributed by atoms with E-state index in [1.807, 2.05) is 0 Å². The Balaban J connectivity index is 1.59. The second-order valence-electron chi connectivity index (χ2n) is 18.9. The maximum absolute atomic E-state index is 14.6. The number of phenols is 1. The summed E-state index contributed by atoms with van der Waals surface area (Å²) in [5, 5.41) is 45.1. The molecular weight excluding hydrogens is 975 g/mol. The van der Waals surface area contributed by atoms with Crippen molar-refractivity contribution < 1.29 is 58.5 Å². The number of aromatic hydroxyl groups is 1. The number of amides is 7. The van der Waals surface area contributed by atoms with Gasteiger partial charge in [0, 0.05) is 44.2 Å². The summed E-state index contributed by atoms with van der Waals surface area (Å²) in [5.41, 5.74) is 18.2. The van der Waals surface area contributed by atoms with Crippen molar-refractivity contribution in [2.75, 3.05) is 13.1 Å². The molecule has 1 aliphatic heterocycles. The average Bonchev–Trinajstić information content (AvgIpc) is 4.08. The number of carboxylic acid groups (broad SMARTS) is 2. The van der Waals surface area contributed by atoms with Crippen molar-refractivity contribution in [1.82, 2.24) is 46.8 Å². The Morgan fingerprint density at radius 1 is 0.747 bits per heavy atom. The second kappa shape index (κ2) is 29.0. The zero-order valence-corrected chi connectivity index (χ0v) is 42.5. The van der Waals surface area contributed by atoms with Crippen LogP contribution >= 0.6 is 0 Å². The maximum Gasteiger partial charge on any atom is 0.326 e. The molecule has 2 heterocycles. The van der Waals surface area contributed by atoms with Gasteiger partial charge in [0.25, 0.3) is 0 Å². The van der Waals surface area contributed by atoms with Gasteiger partial charge in [0.2, 0.25) is 41.4 Å². The number of likely N-dealkylation sites (tertiary alicyclic amines) is 1. The number of phenolic OH excluding ortho intramolecular Hbond substituents is 1. The Hall–Kier alpha value is -8.09. The molecule has 7 amide bonds. The van der Waals surface area contributed by atoms with Crippen LogP contribution in [0.5, 0.6) is 5.75 Å². The molecule has 4 rings (SSSR count). The van der Waals surface area contributed by atoms with Crippen molar-refractivity contribution in [3.05, 3.63) is 83.9 Å². The van der Waals surface area contributed by atoms with E-state index in [1.54, 1.807) is 58.0 Å². The number of rotatable bonds is 29. The normalized spacial score (nSPS) is 16.3. The Bertz CT molecular complexity index is 2450. The molecule has 9 atom stereocenters. The SMILES string of the molecule is CC[C@H](C)[C@H](NC(=O)[C@H](Cc1ccc(O)cc1)NC(=O)[C@@H](NC(=O)[C@@H](CCCN=C(N)N)NC(=O)[C@@H](N)CC(=O)O)C(C)C)C(=O)N[C@@H](Cc1cnc[nH]1)C(=O)N1CCC[C@@H]1C(=O)N[C@H](Cc1ccccc1)C(=O)O. The van der Waals surface area contributed by atoms with Crippen LogP contribution in [0.4, 0.5) is 0 Å². The number of carbonyl (C=O) groups excluding carboxylic acids is 7. The number of aromatic amines is 1. The molecule has 0 radical (unpaired) electrons. The van der Waals surface area contributed by atoms with E-state index in [9.17, 15) is 58.5 Å². The van der Waals surface area contributed by atoms with Gasteiger partial charge in [-0.2, -0.15) is 0 Å². The summed E-state index contributed by atoms with van der Waals surface area (Å²) in [7, 11) is 0. The van der Waals surface area contributed by atoms with Crippen molar-refractivity contribution in [2.24, 2.45) is 34.0 Å². The number of aromatic nitrogens is 2. The van der Waals surface area contributed by atoms with Gasteiger partial charge in [-0.15, -0.1) is 0 Å². The van der Waals surface area contributed by atoms with Crippen molar-refractivity contribution in [1.29, 1.82) is 0 Å². The monoisotopic (exact) mass is 1050 g/mol. The number of benzene rings is 2. The molecule has 0 saturated carbocycles. The number of carboxylic acids is 2. The van der Waals surface area contributed by atoms with Gasteiger partial charge in [-0.05, 0) is 60.8 Å². The number of guanidine groups is 1. The number of hydrogen-bond acceptors (Lipinski definition) is 13. The minimum atomic E-state index is -1.51. The Morgan fingerprint density at radius 3 is 1.95 bits per heavy atom. The van der Waals surface area contributed by atoms with Gasteiger partial charge in [-0.3, -0.25) is 43.3 Å². The molecule has 0 bridgehead atoms. The molecule has 0 spiro atoms. The molecule has 2 aromatic carbocycles. The van der Waals surface area contributed by atoms with Crippen molar-refractivity contribution >= 4 is 59.2 Å². The molecule has 408 valence electrons. The molecule has 25 nitrogen and oxygen atoms in total. The lowest BCUT2D eigenvalue weighted by Gasteiger charge is -2.32. The van der Waals surface area contributed by atoms with E-state index >= 15 is 0 Å². The quantitative estimate of drug-likeness (QED) is 0.0218. The van der Waals surface area contributed by atoms with Gasteiger partial charge in [-0.25, -0.2) is 9.78 Å². The molecule has 3 aromatic rings. The first-order chi connectivity index (χ1) is 35.6. The van der Waals surface area contributed by atoms with Gasteiger partial charge in [-0.1, -0.05) is 76.6 Å². The minimum absolute atomic E-state index is 0.00211. The molecule has 0 unspecified atom stereocenters. The third-order valence-corrected chi connectivity index (χ3v) is 12.7. The summed E-state index contributed by atoms with van der Waals surface area (Å²) < 4.78 is 0. The first kappa shape index (κ1) is 59.5. The van der Waals surface area contributed by atoms with Crippen molar-refractivity contribution in [3.63, 3.8) is 0 Å². The van der Waals surface area contributed by atoms with Crippen molar-refractivity contribution in [2.45, 2.75) is 134 Å². The van der Waals surface area contributed by atoms with Crippen LogP contribution in [0.1, 0.15) is 83.0 Å². The molecule has 16 N–H and O–H groups in total. The van der Waals surface area contributed by atoms with Crippen LogP contribution in [-0.2, 0) is 62.4 Å². The number of H-pyrrole nitrogens is 1. The van der Waals surface area contributed by atoms with Crippen LogP contribution < -0.4 is 49.1 Å². The van der Waals surface area contributed by atoms with E-state index in [1.165, 1.54) is 41.7 Å². The van der Waals surface area contributed by atoms with Gasteiger partial charge in [0.05, 0.1) is 18.8 Å². The summed E-state index contributed by atoms with van der Waals surface area (Å²) in [6, 6.07) is 3.95. The van der Waals surface area contributed by atoms with Crippen LogP contribution in [0.2, 0.25) is 0 Å². The molecule has 1 saturated heterocycles. The van der Waals surface area contributed by atoms with Gasteiger partial charge in [0.15, 0.2) is 5.96 Å². The van der Waals surface area contributed by atoms with Gasteiger partial charge in [0.1, 0.15) is 48.0 Å². The van der Waals surface area contributed by atoms with Crippen molar-refractivity contribution in [3.8, 4) is 5.75 Å². The number of aliphatic imine (C=N–C) groups is 1. The van der Waals surface area contributed by atoms with Gasteiger partial charge < -0.3 is 74.3 Å². The number of imidazole rings is 1. The fourth-order valence-electron chi connectivity index (χ4n) is 8.31. The standard InChI is InChI=1S/C50H71N13O12/c1-5-28(4)41(47(72)59-36(23-31-25-54-26-56-31)48(73)63-20-10-14-38(63)45(70)60-37(49(74)75)22-29-11-7-6-8-12-29)62-44(69)35(21-30-15-17-32(64)18-16-30)58-46(71)40(27(2)3)61-43(68)34(13-9-19-55-50(52)53)57-42(67)33(51)24-39(65)66/h6-8,11-12,15-18,25-28,33-38,40-41,64H,5,9-10,13-14,19-24,51H2,1-4H3,(H,54,56)(H,57,67)(H,58,71)(H,59,72)(H,60,70)(H,61,68)(H,62,69)(H,65,66)(H,74,75)(H4,52,53,55)/t28-,33-,34+,35-,36-,37+,38+,40-,41-/m0/s1. The Labute approximate surface area is 434 Å². The third-order valence-electron chi connectivity index (χ3n) is 12.7. The lowest BCUT2D eigenvalue weighted by atomic mass is 9.96. The number of nitrogens with zero attached hydrogens (tertiary/aromatic N) is 3. The summed E-state index contributed by atoms with van der Waals surface area (Å²) in [6.07, 6.45) is 2.92. The number of nitrogens with two attached hydrogens (primary N) is 3. The minimum Gasteiger partial charge on any atom is -0.508 e. The highest BCUT2D eigenvalue weighted by Crippen LogP contribution is 2.21. The fourth-order valence-corrected chi connectivity index (χ4v) is 8.31. The van der Waals surface area contributed by atoms with E-state index < -0.39 is 120 Å². The largest absolute Gasteiger partial charge is 0.508 e. The smallest absolute Gasteiger partial charge is 0.326 e. The molecule has 1 aliphatic rings. The highest BCUT2D eigenvalue weighted by Gasteiger charge is 2.41. The Kier molecular flexibility index (Phi) is 23.0. The fraction of sp³-hybridized carbons (Fsp3) is 0.500. The highest BCUT2D eigenvalue weighted by atomic mass is 16.4. The number of carbonyl (C=O) groups is 9. The molecule has 0 aliphatic carbocycles. The van der Waals surface area contributed by atoms with Crippen LogP contribution in [0.3, 0.4) is 0 Å². The molecule has 1 aromatic heterocycles. The van der Waals surface area contributed by atoms with E-state index in [0.29, 0.717) is 29.7 Å². The Morgan fingerprint density at radius 2 is 1.35 bits per heavy atom. The highest BCUT2D eigenvalue weighted by molar-refractivity contribution is 5.98. The predicted octanol–water partition coefficient (Wildman–Crippen LogP) is -1.31. The molecule has 1 fully saturated rings.